The van der Waals surface area contributed by atoms with Gasteiger partial charge in [-0.15, -0.1) is 12.4 Å². The van der Waals surface area contributed by atoms with Gasteiger partial charge in [-0.1, -0.05) is 55.3 Å². The Balaban J connectivity index is 0.00000196. The smallest absolute Gasteiger partial charge is 0.246 e. The van der Waals surface area contributed by atoms with Crippen LogP contribution in [-0.2, 0) is 4.79 Å². The molecule has 2 aliphatic rings. The van der Waals surface area contributed by atoms with E-state index in [1.54, 1.807) is 6.08 Å². The van der Waals surface area contributed by atoms with E-state index in [0.717, 1.165) is 37.8 Å². The molecule has 0 atom stereocenters. The number of nitrogens with zero attached hydrogens (tertiary/aromatic N) is 2. The lowest BCUT2D eigenvalue weighted by Gasteiger charge is -2.37. The Labute approximate surface area is 162 Å². The summed E-state index contributed by atoms with van der Waals surface area (Å²) in [6.07, 6.45) is 9.14. The van der Waals surface area contributed by atoms with Crippen molar-refractivity contribution in [1.29, 1.82) is 0 Å². The fourth-order valence-corrected chi connectivity index (χ4v) is 4.24. The van der Waals surface area contributed by atoms with E-state index in [1.807, 2.05) is 29.2 Å². The highest BCUT2D eigenvalue weighted by Gasteiger charge is 2.27. The Hall–Kier alpha value is -1.84. The van der Waals surface area contributed by atoms with Gasteiger partial charge in [0, 0.05) is 38.3 Å². The molecule has 0 unspecified atom stereocenters. The molecule has 2 aromatic rings. The Morgan fingerprint density at radius 2 is 1.62 bits per heavy atom. The van der Waals surface area contributed by atoms with Gasteiger partial charge in [0.15, 0.2) is 0 Å². The highest BCUT2D eigenvalue weighted by molar-refractivity contribution is 5.96. The summed E-state index contributed by atoms with van der Waals surface area (Å²) in [7, 11) is 0. The molecule has 0 N–H and O–H groups in total. The molecule has 0 radical (unpaired) electrons. The molecule has 3 nitrogen and oxygen atoms in total. The summed E-state index contributed by atoms with van der Waals surface area (Å²) < 4.78 is 0. The summed E-state index contributed by atoms with van der Waals surface area (Å²) in [4.78, 5) is 17.1. The maximum atomic E-state index is 12.6. The second-order valence-electron chi connectivity index (χ2n) is 7.20. The maximum Gasteiger partial charge on any atom is 0.246 e. The normalized spacial score (nSPS) is 19.2. The van der Waals surface area contributed by atoms with Crippen molar-refractivity contribution in [2.45, 2.75) is 31.7 Å². The van der Waals surface area contributed by atoms with E-state index < -0.39 is 0 Å². The fourth-order valence-electron chi connectivity index (χ4n) is 4.24. The minimum absolute atomic E-state index is 0. The Morgan fingerprint density at radius 3 is 2.38 bits per heavy atom. The molecule has 0 bridgehead atoms. The molecule has 1 aliphatic carbocycles. The number of piperazine rings is 1. The van der Waals surface area contributed by atoms with E-state index in [-0.39, 0.29) is 18.3 Å². The van der Waals surface area contributed by atoms with Crippen LogP contribution >= 0.6 is 12.4 Å². The Morgan fingerprint density at radius 1 is 0.923 bits per heavy atom. The first kappa shape index (κ1) is 18.9. The van der Waals surface area contributed by atoms with E-state index in [9.17, 15) is 4.79 Å². The largest absolute Gasteiger partial charge is 0.337 e. The molecular formula is C22H27ClN2O. The van der Waals surface area contributed by atoms with E-state index in [2.05, 4.69) is 29.2 Å². The number of carbonyl (C=O) groups excluding carboxylic acids is 1. The molecule has 1 saturated carbocycles. The molecule has 4 rings (SSSR count). The third kappa shape index (κ3) is 4.11. The summed E-state index contributed by atoms with van der Waals surface area (Å²) in [6, 6.07) is 15.3. The number of fused-ring (bicyclic) bond motifs is 1. The molecule has 138 valence electrons. The zero-order valence-corrected chi connectivity index (χ0v) is 16.0. The van der Waals surface area contributed by atoms with Crippen LogP contribution in [0.15, 0.2) is 48.5 Å². The number of hydrogen-bond donors (Lipinski definition) is 0. The zero-order chi connectivity index (χ0) is 17.1. The van der Waals surface area contributed by atoms with E-state index in [1.165, 1.54) is 36.5 Å². The molecule has 1 heterocycles. The number of amides is 1. The highest BCUT2D eigenvalue weighted by atomic mass is 35.5. The van der Waals surface area contributed by atoms with Gasteiger partial charge in [-0.25, -0.2) is 0 Å². The van der Waals surface area contributed by atoms with Gasteiger partial charge in [0.2, 0.25) is 5.91 Å². The molecule has 4 heteroatoms. The third-order valence-corrected chi connectivity index (χ3v) is 5.70. The summed E-state index contributed by atoms with van der Waals surface area (Å²) in [5.41, 5.74) is 1.11. The molecule has 2 aromatic carbocycles. The molecule has 26 heavy (non-hydrogen) atoms. The molecular weight excluding hydrogens is 344 g/mol. The number of benzene rings is 2. The van der Waals surface area contributed by atoms with Crippen LogP contribution < -0.4 is 0 Å². The third-order valence-electron chi connectivity index (χ3n) is 5.70. The average Bonchev–Trinajstić information content (AvgIpc) is 3.21. The molecule has 1 amide bonds. The number of hydrogen-bond acceptors (Lipinski definition) is 2. The van der Waals surface area contributed by atoms with Crippen molar-refractivity contribution in [3.05, 3.63) is 54.1 Å². The maximum absolute atomic E-state index is 12.6. The van der Waals surface area contributed by atoms with Gasteiger partial charge in [-0.3, -0.25) is 9.69 Å². The van der Waals surface area contributed by atoms with Gasteiger partial charge in [0.05, 0.1) is 0 Å². The molecule has 0 aromatic heterocycles. The second-order valence-corrected chi connectivity index (χ2v) is 7.20. The van der Waals surface area contributed by atoms with Crippen molar-refractivity contribution in [3.8, 4) is 0 Å². The minimum atomic E-state index is 0. The molecule has 1 aliphatic heterocycles. The standard InChI is InChI=1S/C22H26N2O.ClH/c25-22(24-16-14-23(15-17-24)20-9-2-3-10-20)13-12-19-8-5-7-18-6-1-4-11-21(18)19;/h1,4-8,11-13,20H,2-3,9-10,14-17H2;1H. The summed E-state index contributed by atoms with van der Waals surface area (Å²) in [5.74, 6) is 0.138. The van der Waals surface area contributed by atoms with Crippen molar-refractivity contribution in [1.82, 2.24) is 9.80 Å². The van der Waals surface area contributed by atoms with Crippen molar-refractivity contribution < 1.29 is 4.79 Å². The van der Waals surface area contributed by atoms with Crippen molar-refractivity contribution in [2.24, 2.45) is 0 Å². The SMILES string of the molecule is Cl.O=C(C=Cc1cccc2ccccc12)N1CCN(C2CCCC2)CC1. The zero-order valence-electron chi connectivity index (χ0n) is 15.1. The minimum Gasteiger partial charge on any atom is -0.337 e. The average molecular weight is 371 g/mol. The van der Waals surface area contributed by atoms with Gasteiger partial charge >= 0.3 is 0 Å². The fraction of sp³-hybridized carbons (Fsp3) is 0.409. The van der Waals surface area contributed by atoms with Crippen LogP contribution in [0.3, 0.4) is 0 Å². The highest BCUT2D eigenvalue weighted by Crippen LogP contribution is 2.24. The van der Waals surface area contributed by atoms with Gasteiger partial charge < -0.3 is 4.90 Å². The Bertz CT molecular complexity index is 769. The monoisotopic (exact) mass is 370 g/mol. The van der Waals surface area contributed by atoms with Crippen molar-refractivity contribution in [3.63, 3.8) is 0 Å². The van der Waals surface area contributed by atoms with E-state index in [0.29, 0.717) is 0 Å². The quantitative estimate of drug-likeness (QED) is 0.749. The lowest BCUT2D eigenvalue weighted by Crippen LogP contribution is -2.51. The van der Waals surface area contributed by atoms with Crippen molar-refractivity contribution >= 4 is 35.2 Å². The molecule has 0 spiro atoms. The summed E-state index contributed by atoms with van der Waals surface area (Å²) in [5, 5.41) is 2.40. The van der Waals surface area contributed by atoms with Crippen LogP contribution in [0, 0.1) is 0 Å². The van der Waals surface area contributed by atoms with Crippen LogP contribution in [0.4, 0.5) is 0 Å². The number of carbonyl (C=O) groups is 1. The summed E-state index contributed by atoms with van der Waals surface area (Å²) >= 11 is 0. The Kier molecular flexibility index (Phi) is 6.33. The first-order valence-electron chi connectivity index (χ1n) is 9.50. The van der Waals surface area contributed by atoms with Gasteiger partial charge in [-0.2, -0.15) is 0 Å². The lowest BCUT2D eigenvalue weighted by atomic mass is 10.0. The predicted molar refractivity (Wildman–Crippen MR) is 111 cm³/mol. The first-order valence-corrected chi connectivity index (χ1v) is 9.50. The van der Waals surface area contributed by atoms with Crippen molar-refractivity contribution in [2.75, 3.05) is 26.2 Å². The van der Waals surface area contributed by atoms with Gasteiger partial charge in [-0.05, 0) is 35.3 Å². The van der Waals surface area contributed by atoms with Crippen LogP contribution in [0.2, 0.25) is 0 Å². The molecule has 1 saturated heterocycles. The van der Waals surface area contributed by atoms with Gasteiger partial charge in [0.1, 0.15) is 0 Å². The number of rotatable bonds is 3. The van der Waals surface area contributed by atoms with Gasteiger partial charge in [0.25, 0.3) is 0 Å². The van der Waals surface area contributed by atoms with Crippen LogP contribution in [-0.4, -0.2) is 47.9 Å². The molecule has 2 fully saturated rings. The topological polar surface area (TPSA) is 23.6 Å². The lowest BCUT2D eigenvalue weighted by molar-refractivity contribution is -0.127. The second kappa shape index (κ2) is 8.70. The predicted octanol–water partition coefficient (Wildman–Crippen LogP) is 4.36. The van der Waals surface area contributed by atoms with Crippen LogP contribution in [0.1, 0.15) is 31.2 Å². The van der Waals surface area contributed by atoms with E-state index in [4.69, 9.17) is 0 Å². The summed E-state index contributed by atoms with van der Waals surface area (Å²) in [6.45, 7) is 3.77. The first-order chi connectivity index (χ1) is 12.3. The van der Waals surface area contributed by atoms with Crippen LogP contribution in [0.5, 0.6) is 0 Å². The van der Waals surface area contributed by atoms with Crippen LogP contribution in [0.25, 0.3) is 16.8 Å². The number of halogens is 1. The van der Waals surface area contributed by atoms with E-state index >= 15 is 0 Å².